The fourth-order valence-corrected chi connectivity index (χ4v) is 6.09. The summed E-state index contributed by atoms with van der Waals surface area (Å²) in [6, 6.07) is 7.15. The summed E-state index contributed by atoms with van der Waals surface area (Å²) in [7, 11) is 0. The molecule has 9 heteroatoms. The van der Waals surface area contributed by atoms with Crippen molar-refractivity contribution >= 4 is 45.3 Å². The molecule has 4 rings (SSSR count). The molecule has 0 atom stereocenters. The largest absolute Gasteiger partial charge is 0.338 e. The van der Waals surface area contributed by atoms with Crippen LogP contribution >= 0.6 is 23.1 Å². The van der Waals surface area contributed by atoms with Gasteiger partial charge in [0, 0.05) is 11.4 Å². The van der Waals surface area contributed by atoms with Gasteiger partial charge in [0.25, 0.3) is 5.56 Å². The second-order valence-corrected chi connectivity index (χ2v) is 9.79. The van der Waals surface area contributed by atoms with Gasteiger partial charge in [-0.3, -0.25) is 19.5 Å². The van der Waals surface area contributed by atoms with Gasteiger partial charge < -0.3 is 5.32 Å². The molecule has 0 spiro atoms. The van der Waals surface area contributed by atoms with Crippen LogP contribution in [0.15, 0.2) is 34.2 Å². The van der Waals surface area contributed by atoms with Crippen molar-refractivity contribution in [3.63, 3.8) is 0 Å². The van der Waals surface area contributed by atoms with Crippen molar-refractivity contribution in [3.05, 3.63) is 50.6 Å². The van der Waals surface area contributed by atoms with E-state index in [1.165, 1.54) is 11.3 Å². The first-order valence-corrected chi connectivity index (χ1v) is 12.6. The number of nitrogens with zero attached hydrogens (tertiary/aromatic N) is 2. The van der Waals surface area contributed by atoms with Crippen molar-refractivity contribution < 1.29 is 9.59 Å². The van der Waals surface area contributed by atoms with Crippen LogP contribution < -0.4 is 16.2 Å². The molecule has 32 heavy (non-hydrogen) atoms. The molecule has 2 heterocycles. The van der Waals surface area contributed by atoms with Crippen molar-refractivity contribution in [1.82, 2.24) is 20.2 Å². The number of fused-ring (bicyclic) bond motifs is 3. The number of carbonyl (C=O) groups excluding carboxylic acids is 2. The molecule has 0 saturated heterocycles. The Morgan fingerprint density at radius 3 is 2.75 bits per heavy atom. The highest BCUT2D eigenvalue weighted by Crippen LogP contribution is 2.34. The summed E-state index contributed by atoms with van der Waals surface area (Å²) >= 11 is 2.76. The number of para-hydroxylation sites is 1. The molecular weight excluding hydrogens is 444 g/mol. The third-order valence-electron chi connectivity index (χ3n) is 5.49. The summed E-state index contributed by atoms with van der Waals surface area (Å²) < 4.78 is 1.62. The minimum atomic E-state index is -0.528. The number of benzene rings is 1. The van der Waals surface area contributed by atoms with Gasteiger partial charge in [-0.05, 0) is 56.7 Å². The number of carbonyl (C=O) groups is 2. The highest BCUT2D eigenvalue weighted by Gasteiger charge is 2.23. The predicted molar refractivity (Wildman–Crippen MR) is 129 cm³/mol. The lowest BCUT2D eigenvalue weighted by Crippen LogP contribution is -2.40. The van der Waals surface area contributed by atoms with E-state index in [0.717, 1.165) is 59.1 Å². The molecule has 2 aromatic heterocycles. The Balaban J connectivity index is 1.78. The fraction of sp³-hybridized carbons (Fsp3) is 0.391. The zero-order chi connectivity index (χ0) is 22.7. The normalized spacial score (nSPS) is 13.4. The quantitative estimate of drug-likeness (QED) is 0.334. The number of aryl methyl sites for hydroxylation is 3. The molecule has 3 amide bonds. The number of rotatable bonds is 5. The minimum absolute atomic E-state index is 0.0218. The summed E-state index contributed by atoms with van der Waals surface area (Å²) in [5.74, 6) is -0.458. The third kappa shape index (κ3) is 4.59. The number of aromatic nitrogens is 2. The van der Waals surface area contributed by atoms with Crippen molar-refractivity contribution in [2.75, 3.05) is 12.3 Å². The van der Waals surface area contributed by atoms with Crippen LogP contribution in [0.2, 0.25) is 0 Å². The number of hydrogen-bond donors (Lipinski definition) is 2. The van der Waals surface area contributed by atoms with E-state index < -0.39 is 11.9 Å². The van der Waals surface area contributed by atoms with E-state index >= 15 is 0 Å². The van der Waals surface area contributed by atoms with Gasteiger partial charge in [0.15, 0.2) is 5.16 Å². The molecule has 1 aliphatic rings. The van der Waals surface area contributed by atoms with Gasteiger partial charge in [-0.25, -0.2) is 9.78 Å². The van der Waals surface area contributed by atoms with Gasteiger partial charge in [0.1, 0.15) is 4.83 Å². The van der Waals surface area contributed by atoms with Crippen LogP contribution in [0.3, 0.4) is 0 Å². The summed E-state index contributed by atoms with van der Waals surface area (Å²) in [5, 5.41) is 6.01. The van der Waals surface area contributed by atoms with Gasteiger partial charge in [0.05, 0.1) is 16.8 Å². The molecule has 1 aromatic carbocycles. The molecule has 0 fully saturated rings. The zero-order valence-corrected chi connectivity index (χ0v) is 19.8. The number of amides is 3. The molecule has 0 bridgehead atoms. The molecule has 0 saturated carbocycles. The van der Waals surface area contributed by atoms with Crippen LogP contribution in [0.1, 0.15) is 42.2 Å². The van der Waals surface area contributed by atoms with Crippen molar-refractivity contribution in [2.24, 2.45) is 0 Å². The highest BCUT2D eigenvalue weighted by atomic mass is 32.2. The molecule has 1 aliphatic carbocycles. The van der Waals surface area contributed by atoms with Crippen LogP contribution in [-0.4, -0.2) is 33.8 Å². The number of thioether (sulfide) groups is 1. The van der Waals surface area contributed by atoms with E-state index in [-0.39, 0.29) is 11.3 Å². The Hall–Kier alpha value is -2.65. The van der Waals surface area contributed by atoms with Crippen LogP contribution in [0.4, 0.5) is 4.79 Å². The van der Waals surface area contributed by atoms with E-state index in [1.54, 1.807) is 22.8 Å². The molecule has 7 nitrogen and oxygen atoms in total. The maximum atomic E-state index is 13.8. The van der Waals surface area contributed by atoms with E-state index in [0.29, 0.717) is 17.1 Å². The number of imide groups is 1. The summed E-state index contributed by atoms with van der Waals surface area (Å²) in [5.41, 5.74) is 2.76. The second kappa shape index (κ2) is 9.87. The van der Waals surface area contributed by atoms with Gasteiger partial charge in [-0.2, -0.15) is 0 Å². The number of urea groups is 1. The van der Waals surface area contributed by atoms with E-state index in [1.807, 2.05) is 31.2 Å². The number of thiophene rings is 1. The molecule has 168 valence electrons. The smallest absolute Gasteiger partial charge is 0.321 e. The first-order chi connectivity index (χ1) is 15.5. The lowest BCUT2D eigenvalue weighted by molar-refractivity contribution is -0.117. The Labute approximate surface area is 194 Å². The molecule has 0 unspecified atom stereocenters. The summed E-state index contributed by atoms with van der Waals surface area (Å²) in [6.07, 6.45) is 5.28. The van der Waals surface area contributed by atoms with Gasteiger partial charge in [0.2, 0.25) is 5.91 Å². The van der Waals surface area contributed by atoms with Crippen molar-refractivity contribution in [1.29, 1.82) is 0 Å². The van der Waals surface area contributed by atoms with Crippen LogP contribution in [0, 0.1) is 6.92 Å². The first-order valence-electron chi connectivity index (χ1n) is 10.8. The van der Waals surface area contributed by atoms with E-state index in [2.05, 4.69) is 10.6 Å². The number of nitrogens with one attached hydrogen (secondary N) is 2. The molecule has 0 aliphatic heterocycles. The minimum Gasteiger partial charge on any atom is -0.338 e. The molecule has 0 radical (unpaired) electrons. The zero-order valence-electron chi connectivity index (χ0n) is 18.2. The first kappa shape index (κ1) is 22.5. The second-order valence-electron chi connectivity index (χ2n) is 7.76. The van der Waals surface area contributed by atoms with E-state index in [4.69, 9.17) is 4.98 Å². The Morgan fingerprint density at radius 1 is 1.19 bits per heavy atom. The van der Waals surface area contributed by atoms with Crippen molar-refractivity contribution in [2.45, 2.75) is 51.1 Å². The lowest BCUT2D eigenvalue weighted by Gasteiger charge is -2.14. The number of hydrogen-bond acceptors (Lipinski definition) is 6. The Bertz CT molecular complexity index is 1230. The Kier molecular flexibility index (Phi) is 6.95. The average Bonchev–Trinajstić information content (AvgIpc) is 2.94. The Morgan fingerprint density at radius 2 is 1.97 bits per heavy atom. The molecule has 3 aromatic rings. The fourth-order valence-electron chi connectivity index (χ4n) is 3.98. The van der Waals surface area contributed by atoms with Crippen LogP contribution in [-0.2, 0) is 17.6 Å². The van der Waals surface area contributed by atoms with Gasteiger partial charge in [-0.15, -0.1) is 11.3 Å². The maximum Gasteiger partial charge on any atom is 0.321 e. The van der Waals surface area contributed by atoms with Crippen LogP contribution in [0.25, 0.3) is 15.9 Å². The third-order valence-corrected chi connectivity index (χ3v) is 7.61. The molecular formula is C23H26N4O3S2. The predicted octanol–water partition coefficient (Wildman–Crippen LogP) is 3.96. The molecule has 2 N–H and O–H groups in total. The maximum absolute atomic E-state index is 13.8. The van der Waals surface area contributed by atoms with Gasteiger partial charge >= 0.3 is 6.03 Å². The van der Waals surface area contributed by atoms with E-state index in [9.17, 15) is 14.4 Å². The van der Waals surface area contributed by atoms with Crippen molar-refractivity contribution in [3.8, 4) is 5.69 Å². The summed E-state index contributed by atoms with van der Waals surface area (Å²) in [6.45, 7) is 4.16. The lowest BCUT2D eigenvalue weighted by atomic mass is 10.1. The summed E-state index contributed by atoms with van der Waals surface area (Å²) in [4.78, 5) is 44.5. The monoisotopic (exact) mass is 470 g/mol. The van der Waals surface area contributed by atoms with Gasteiger partial charge in [-0.1, -0.05) is 36.4 Å². The van der Waals surface area contributed by atoms with Crippen LogP contribution in [0.5, 0.6) is 0 Å². The average molecular weight is 471 g/mol. The topological polar surface area (TPSA) is 93.1 Å². The SMILES string of the molecule is CCNC(=O)NC(=O)CSc1nc2sc3c(c2c(=O)n1-c1ccccc1C)CCCCC3. The highest BCUT2D eigenvalue weighted by molar-refractivity contribution is 7.99. The standard InChI is InChI=1S/C23H26N4O3S2/c1-3-24-22(30)25-18(28)13-31-23-26-20-19(15-10-5-4-6-12-17(15)32-20)21(29)27(23)16-11-8-7-9-14(16)2/h7-9,11H,3-6,10,12-13H2,1-2H3,(H2,24,25,28,30).